The van der Waals surface area contributed by atoms with Gasteiger partial charge in [-0.15, -0.1) is 0 Å². The summed E-state index contributed by atoms with van der Waals surface area (Å²) in [6.07, 6.45) is 4.47. The van der Waals surface area contributed by atoms with E-state index in [9.17, 15) is 0 Å². The van der Waals surface area contributed by atoms with Gasteiger partial charge in [-0.2, -0.15) is 0 Å². The molecule has 0 bridgehead atoms. The van der Waals surface area contributed by atoms with Crippen LogP contribution in [0.15, 0.2) is 18.3 Å². The molecule has 2 unspecified atom stereocenters. The summed E-state index contributed by atoms with van der Waals surface area (Å²) >= 11 is 0. The van der Waals surface area contributed by atoms with Crippen molar-refractivity contribution in [2.75, 3.05) is 13.6 Å². The van der Waals surface area contributed by atoms with Gasteiger partial charge >= 0.3 is 0 Å². The second-order valence-corrected chi connectivity index (χ2v) is 5.24. The summed E-state index contributed by atoms with van der Waals surface area (Å²) in [6.45, 7) is 6.47. The Hall–Kier alpha value is -0.930. The molecule has 0 amide bonds. The third kappa shape index (κ3) is 3.51. The number of pyridine rings is 1. The van der Waals surface area contributed by atoms with Crippen molar-refractivity contribution in [3.8, 4) is 0 Å². The molecule has 0 radical (unpaired) electrons. The Labute approximate surface area is 104 Å². The fraction of sp³-hybridized carbons (Fsp3) is 0.643. The normalized spacial score (nSPS) is 26.1. The molecule has 0 saturated carbocycles. The lowest BCUT2D eigenvalue weighted by Gasteiger charge is -2.35. The molecule has 1 aromatic heterocycles. The minimum Gasteiger partial charge on any atom is -0.310 e. The molecule has 1 fully saturated rings. The summed E-state index contributed by atoms with van der Waals surface area (Å²) in [7, 11) is 2.21. The fourth-order valence-corrected chi connectivity index (χ4v) is 2.34. The Kier molecular flexibility index (Phi) is 4.13. The molecule has 1 N–H and O–H groups in total. The van der Waals surface area contributed by atoms with Gasteiger partial charge in [0.2, 0.25) is 0 Å². The van der Waals surface area contributed by atoms with E-state index in [2.05, 4.69) is 41.3 Å². The highest BCUT2D eigenvalue weighted by Crippen LogP contribution is 2.15. The van der Waals surface area contributed by atoms with Gasteiger partial charge < -0.3 is 10.2 Å². The number of nitrogens with zero attached hydrogens (tertiary/aromatic N) is 2. The van der Waals surface area contributed by atoms with E-state index in [1.54, 1.807) is 0 Å². The Bertz CT molecular complexity index is 347. The second kappa shape index (κ2) is 5.61. The standard InChI is InChI=1S/C14H23N3/c1-11-4-5-13(9-15-11)10-16-14-6-7-17(3)12(2)8-14/h4-5,9,12,14,16H,6-8,10H2,1-3H3. The molecule has 0 aromatic carbocycles. The van der Waals surface area contributed by atoms with Gasteiger partial charge in [0.05, 0.1) is 0 Å². The first-order chi connectivity index (χ1) is 8.15. The summed E-state index contributed by atoms with van der Waals surface area (Å²) < 4.78 is 0. The average Bonchev–Trinajstić information content (AvgIpc) is 2.33. The van der Waals surface area contributed by atoms with Crippen LogP contribution in [0.25, 0.3) is 0 Å². The van der Waals surface area contributed by atoms with Crippen molar-refractivity contribution < 1.29 is 0 Å². The summed E-state index contributed by atoms with van der Waals surface area (Å²) in [5, 5.41) is 3.64. The van der Waals surface area contributed by atoms with Crippen molar-refractivity contribution in [3.05, 3.63) is 29.6 Å². The summed E-state index contributed by atoms with van der Waals surface area (Å²) in [6, 6.07) is 5.59. The molecule has 94 valence electrons. The third-order valence-corrected chi connectivity index (χ3v) is 3.78. The minimum atomic E-state index is 0.655. The van der Waals surface area contributed by atoms with Crippen LogP contribution in [0.4, 0.5) is 0 Å². The molecule has 1 aliphatic rings. The Balaban J connectivity index is 1.80. The quantitative estimate of drug-likeness (QED) is 0.865. The molecule has 1 saturated heterocycles. The van der Waals surface area contributed by atoms with Crippen LogP contribution < -0.4 is 5.32 Å². The Morgan fingerprint density at radius 3 is 2.94 bits per heavy atom. The zero-order chi connectivity index (χ0) is 12.3. The first-order valence-corrected chi connectivity index (χ1v) is 6.50. The van der Waals surface area contributed by atoms with Crippen LogP contribution in [0.2, 0.25) is 0 Å². The fourth-order valence-electron chi connectivity index (χ4n) is 2.34. The van der Waals surface area contributed by atoms with Crippen molar-refractivity contribution in [1.29, 1.82) is 0 Å². The van der Waals surface area contributed by atoms with Gasteiger partial charge in [0.1, 0.15) is 0 Å². The maximum absolute atomic E-state index is 4.32. The van der Waals surface area contributed by atoms with E-state index >= 15 is 0 Å². The van der Waals surface area contributed by atoms with E-state index in [0.717, 1.165) is 12.2 Å². The predicted molar refractivity (Wildman–Crippen MR) is 70.9 cm³/mol. The van der Waals surface area contributed by atoms with Crippen molar-refractivity contribution in [2.24, 2.45) is 0 Å². The first-order valence-electron chi connectivity index (χ1n) is 6.50. The Morgan fingerprint density at radius 2 is 2.29 bits per heavy atom. The molecule has 1 aromatic rings. The van der Waals surface area contributed by atoms with E-state index < -0.39 is 0 Å². The molecule has 2 heterocycles. The molecule has 3 nitrogen and oxygen atoms in total. The van der Waals surface area contributed by atoms with Crippen molar-refractivity contribution in [3.63, 3.8) is 0 Å². The number of hydrogen-bond acceptors (Lipinski definition) is 3. The van der Waals surface area contributed by atoms with E-state index in [1.807, 2.05) is 13.1 Å². The highest BCUT2D eigenvalue weighted by atomic mass is 15.1. The molecule has 2 rings (SSSR count). The lowest BCUT2D eigenvalue weighted by atomic mass is 9.99. The van der Waals surface area contributed by atoms with Gasteiger partial charge in [0.15, 0.2) is 0 Å². The average molecular weight is 233 g/mol. The van der Waals surface area contributed by atoms with Crippen LogP contribution >= 0.6 is 0 Å². The monoisotopic (exact) mass is 233 g/mol. The van der Waals surface area contributed by atoms with Gasteiger partial charge in [-0.3, -0.25) is 4.98 Å². The van der Waals surface area contributed by atoms with E-state index in [0.29, 0.717) is 12.1 Å². The number of aryl methyl sites for hydroxylation is 1. The van der Waals surface area contributed by atoms with Crippen molar-refractivity contribution >= 4 is 0 Å². The van der Waals surface area contributed by atoms with E-state index in [-0.39, 0.29) is 0 Å². The van der Waals surface area contributed by atoms with Gasteiger partial charge in [-0.25, -0.2) is 0 Å². The zero-order valence-electron chi connectivity index (χ0n) is 11.1. The van der Waals surface area contributed by atoms with Crippen molar-refractivity contribution in [2.45, 2.75) is 45.3 Å². The van der Waals surface area contributed by atoms with Crippen LogP contribution in [0.3, 0.4) is 0 Å². The number of aromatic nitrogens is 1. The number of nitrogens with one attached hydrogen (secondary N) is 1. The third-order valence-electron chi connectivity index (χ3n) is 3.78. The second-order valence-electron chi connectivity index (χ2n) is 5.24. The number of likely N-dealkylation sites (tertiary alicyclic amines) is 1. The van der Waals surface area contributed by atoms with Gasteiger partial charge in [-0.1, -0.05) is 6.07 Å². The summed E-state index contributed by atoms with van der Waals surface area (Å²) in [4.78, 5) is 6.76. The lowest BCUT2D eigenvalue weighted by molar-refractivity contribution is 0.168. The van der Waals surface area contributed by atoms with Gasteiger partial charge in [0.25, 0.3) is 0 Å². The highest BCUT2D eigenvalue weighted by Gasteiger charge is 2.21. The van der Waals surface area contributed by atoms with Crippen LogP contribution in [-0.2, 0) is 6.54 Å². The van der Waals surface area contributed by atoms with Crippen LogP contribution in [-0.4, -0.2) is 35.6 Å². The lowest BCUT2D eigenvalue weighted by Crippen LogP contribution is -2.45. The SMILES string of the molecule is Cc1ccc(CNC2CCN(C)C(C)C2)cn1. The van der Waals surface area contributed by atoms with E-state index in [4.69, 9.17) is 0 Å². The van der Waals surface area contributed by atoms with Gasteiger partial charge in [0, 0.05) is 30.5 Å². The number of rotatable bonds is 3. The Morgan fingerprint density at radius 1 is 1.47 bits per heavy atom. The van der Waals surface area contributed by atoms with Crippen molar-refractivity contribution in [1.82, 2.24) is 15.2 Å². The smallest absolute Gasteiger partial charge is 0.0372 e. The predicted octanol–water partition coefficient (Wildman–Crippen LogP) is 1.96. The first kappa shape index (κ1) is 12.5. The molecular weight excluding hydrogens is 210 g/mol. The molecule has 0 aliphatic carbocycles. The topological polar surface area (TPSA) is 28.2 Å². The maximum atomic E-state index is 4.32. The van der Waals surface area contributed by atoms with Gasteiger partial charge in [-0.05, 0) is 51.9 Å². The van der Waals surface area contributed by atoms with E-state index in [1.165, 1.54) is 24.9 Å². The number of piperidine rings is 1. The number of hydrogen-bond donors (Lipinski definition) is 1. The van der Waals surface area contributed by atoms with Crippen LogP contribution in [0.5, 0.6) is 0 Å². The molecule has 0 spiro atoms. The summed E-state index contributed by atoms with van der Waals surface area (Å²) in [5.74, 6) is 0. The largest absolute Gasteiger partial charge is 0.310 e. The zero-order valence-corrected chi connectivity index (χ0v) is 11.1. The molecule has 3 heteroatoms. The molecular formula is C14H23N3. The minimum absolute atomic E-state index is 0.655. The van der Waals surface area contributed by atoms with Crippen LogP contribution in [0, 0.1) is 6.92 Å². The maximum Gasteiger partial charge on any atom is 0.0372 e. The van der Waals surface area contributed by atoms with Crippen LogP contribution in [0.1, 0.15) is 31.0 Å². The summed E-state index contributed by atoms with van der Waals surface area (Å²) in [5.41, 5.74) is 2.36. The highest BCUT2D eigenvalue weighted by molar-refractivity contribution is 5.12. The molecule has 17 heavy (non-hydrogen) atoms. The molecule has 1 aliphatic heterocycles. The molecule has 2 atom stereocenters.